The number of aryl methyl sites for hydroxylation is 1. The van der Waals surface area contributed by atoms with E-state index < -0.39 is 0 Å². The fourth-order valence-corrected chi connectivity index (χ4v) is 2.57. The lowest BCUT2D eigenvalue weighted by atomic mass is 10.2. The van der Waals surface area contributed by atoms with Gasteiger partial charge in [0.15, 0.2) is 0 Å². The molecule has 18 heavy (non-hydrogen) atoms. The molecule has 0 saturated heterocycles. The quantitative estimate of drug-likeness (QED) is 0.625. The zero-order valence-electron chi connectivity index (χ0n) is 9.71. The predicted molar refractivity (Wildman–Crippen MR) is 80.0 cm³/mol. The van der Waals surface area contributed by atoms with Gasteiger partial charge in [0.25, 0.3) is 0 Å². The summed E-state index contributed by atoms with van der Waals surface area (Å²) in [5.41, 5.74) is 1.96. The summed E-state index contributed by atoms with van der Waals surface area (Å²) in [6.45, 7) is 1.99. The Bertz CT molecular complexity index is 570. The summed E-state index contributed by atoms with van der Waals surface area (Å²) in [5, 5.41) is 0.622. The lowest BCUT2D eigenvalue weighted by Crippen LogP contribution is -1.89. The van der Waals surface area contributed by atoms with Crippen molar-refractivity contribution in [2.45, 2.75) is 12.8 Å². The summed E-state index contributed by atoms with van der Waals surface area (Å²) in [4.78, 5) is 0. The first-order chi connectivity index (χ1) is 8.60. The summed E-state index contributed by atoms with van der Waals surface area (Å²) in [5.74, 6) is 1.92. The fourth-order valence-electron chi connectivity index (χ4n) is 1.55. The average molecular weight is 346 g/mol. The van der Waals surface area contributed by atoms with E-state index in [-0.39, 0.29) is 0 Å². The topological polar surface area (TPSA) is 9.23 Å². The van der Waals surface area contributed by atoms with Crippen LogP contribution < -0.4 is 4.74 Å². The van der Waals surface area contributed by atoms with Gasteiger partial charge in [-0.2, -0.15) is 0 Å². The van der Waals surface area contributed by atoms with Crippen molar-refractivity contribution in [3.05, 3.63) is 57.0 Å². The number of hydrogen-bond donors (Lipinski definition) is 0. The van der Waals surface area contributed by atoms with Gasteiger partial charge in [-0.15, -0.1) is 11.6 Å². The van der Waals surface area contributed by atoms with Gasteiger partial charge in [0.2, 0.25) is 0 Å². The van der Waals surface area contributed by atoms with Crippen molar-refractivity contribution >= 4 is 39.1 Å². The molecular formula is C14H11BrCl2O. The number of benzene rings is 2. The molecule has 0 bridgehead atoms. The summed E-state index contributed by atoms with van der Waals surface area (Å²) < 4.78 is 6.83. The fraction of sp³-hybridized carbons (Fsp3) is 0.143. The second-order valence-electron chi connectivity index (χ2n) is 3.90. The molecule has 0 aliphatic heterocycles. The molecule has 0 saturated carbocycles. The maximum atomic E-state index is 6.09. The standard InChI is InChI=1S/C14H11BrCl2O/c1-9-6-11(15)3-5-14(9)18-12-4-2-10(8-16)13(17)7-12/h2-7H,8H2,1H3. The van der Waals surface area contributed by atoms with Crippen LogP contribution in [-0.2, 0) is 5.88 Å². The minimum Gasteiger partial charge on any atom is -0.457 e. The van der Waals surface area contributed by atoms with Crippen molar-refractivity contribution in [3.8, 4) is 11.5 Å². The van der Waals surface area contributed by atoms with Crippen LogP contribution >= 0.6 is 39.1 Å². The van der Waals surface area contributed by atoms with Crippen molar-refractivity contribution in [2.24, 2.45) is 0 Å². The third kappa shape index (κ3) is 3.19. The zero-order chi connectivity index (χ0) is 13.1. The molecule has 0 aliphatic carbocycles. The third-order valence-electron chi connectivity index (χ3n) is 2.53. The normalized spacial score (nSPS) is 10.4. The maximum absolute atomic E-state index is 6.09. The molecule has 1 nitrogen and oxygen atoms in total. The Morgan fingerprint density at radius 1 is 1.17 bits per heavy atom. The van der Waals surface area contributed by atoms with E-state index in [1.54, 1.807) is 6.07 Å². The van der Waals surface area contributed by atoms with Crippen molar-refractivity contribution in [2.75, 3.05) is 0 Å². The smallest absolute Gasteiger partial charge is 0.130 e. The molecule has 0 amide bonds. The van der Waals surface area contributed by atoms with Crippen LogP contribution in [0.2, 0.25) is 5.02 Å². The predicted octanol–water partition coefficient (Wildman–Crippen LogP) is 5.94. The summed E-state index contributed by atoms with van der Waals surface area (Å²) >= 11 is 15.3. The Morgan fingerprint density at radius 2 is 1.94 bits per heavy atom. The highest BCUT2D eigenvalue weighted by Gasteiger charge is 2.05. The number of hydrogen-bond acceptors (Lipinski definition) is 1. The van der Waals surface area contributed by atoms with Crippen LogP contribution in [0.5, 0.6) is 11.5 Å². The lowest BCUT2D eigenvalue weighted by Gasteiger charge is -2.10. The molecular weight excluding hydrogens is 335 g/mol. The van der Waals surface area contributed by atoms with Gasteiger partial charge >= 0.3 is 0 Å². The number of rotatable bonds is 3. The van der Waals surface area contributed by atoms with Crippen molar-refractivity contribution in [3.63, 3.8) is 0 Å². The van der Waals surface area contributed by atoms with Crippen LogP contribution in [0.4, 0.5) is 0 Å². The van der Waals surface area contributed by atoms with Gasteiger partial charge in [0, 0.05) is 15.4 Å². The Morgan fingerprint density at radius 3 is 2.56 bits per heavy atom. The minimum atomic E-state index is 0.399. The SMILES string of the molecule is Cc1cc(Br)ccc1Oc1ccc(CCl)c(Cl)c1. The van der Waals surface area contributed by atoms with Crippen molar-refractivity contribution < 1.29 is 4.74 Å². The van der Waals surface area contributed by atoms with Gasteiger partial charge < -0.3 is 4.74 Å². The summed E-state index contributed by atoms with van der Waals surface area (Å²) in [6.07, 6.45) is 0. The molecule has 0 aromatic heterocycles. The Hall–Kier alpha value is -0.700. The first-order valence-electron chi connectivity index (χ1n) is 5.38. The van der Waals surface area contributed by atoms with Crippen LogP contribution in [0.3, 0.4) is 0 Å². The number of halogens is 3. The highest BCUT2D eigenvalue weighted by atomic mass is 79.9. The van der Waals surface area contributed by atoms with Crippen molar-refractivity contribution in [1.82, 2.24) is 0 Å². The molecule has 2 rings (SSSR count). The van der Waals surface area contributed by atoms with Crippen molar-refractivity contribution in [1.29, 1.82) is 0 Å². The van der Waals surface area contributed by atoms with Crippen LogP contribution in [0.1, 0.15) is 11.1 Å². The van der Waals surface area contributed by atoms with Gasteiger partial charge in [-0.25, -0.2) is 0 Å². The Balaban J connectivity index is 2.26. The van der Waals surface area contributed by atoms with Crippen LogP contribution in [-0.4, -0.2) is 0 Å². The second-order valence-corrected chi connectivity index (χ2v) is 5.49. The number of alkyl halides is 1. The van der Waals surface area contributed by atoms with Crippen LogP contribution in [0.15, 0.2) is 40.9 Å². The van der Waals surface area contributed by atoms with Gasteiger partial charge in [-0.1, -0.05) is 33.6 Å². The van der Waals surface area contributed by atoms with Crippen LogP contribution in [0, 0.1) is 6.92 Å². The van der Waals surface area contributed by atoms with E-state index in [2.05, 4.69) is 15.9 Å². The lowest BCUT2D eigenvalue weighted by molar-refractivity contribution is 0.478. The molecule has 0 unspecified atom stereocenters. The Labute approximate surface area is 125 Å². The van der Waals surface area contributed by atoms with E-state index in [4.69, 9.17) is 27.9 Å². The van der Waals surface area contributed by atoms with Gasteiger partial charge in [0.05, 0.1) is 0 Å². The highest BCUT2D eigenvalue weighted by Crippen LogP contribution is 2.30. The molecule has 0 radical (unpaired) electrons. The highest BCUT2D eigenvalue weighted by molar-refractivity contribution is 9.10. The molecule has 2 aromatic carbocycles. The van der Waals surface area contributed by atoms with Gasteiger partial charge in [-0.3, -0.25) is 0 Å². The first-order valence-corrected chi connectivity index (χ1v) is 7.09. The van der Waals surface area contributed by atoms with E-state index in [1.807, 2.05) is 37.3 Å². The van der Waals surface area contributed by atoms with Gasteiger partial charge in [0.1, 0.15) is 11.5 Å². The van der Waals surface area contributed by atoms with E-state index in [1.165, 1.54) is 0 Å². The molecule has 0 heterocycles. The van der Waals surface area contributed by atoms with Gasteiger partial charge in [-0.05, 0) is 48.4 Å². The van der Waals surface area contributed by atoms with Crippen LogP contribution in [0.25, 0.3) is 0 Å². The molecule has 0 atom stereocenters. The molecule has 94 valence electrons. The molecule has 0 N–H and O–H groups in total. The van der Waals surface area contributed by atoms with E-state index in [0.29, 0.717) is 16.7 Å². The molecule has 0 spiro atoms. The average Bonchev–Trinajstić information content (AvgIpc) is 2.33. The van der Waals surface area contributed by atoms with E-state index in [0.717, 1.165) is 21.3 Å². The van der Waals surface area contributed by atoms with E-state index >= 15 is 0 Å². The third-order valence-corrected chi connectivity index (χ3v) is 3.67. The second kappa shape index (κ2) is 5.96. The molecule has 0 fully saturated rings. The largest absolute Gasteiger partial charge is 0.457 e. The number of ether oxygens (including phenoxy) is 1. The monoisotopic (exact) mass is 344 g/mol. The maximum Gasteiger partial charge on any atom is 0.130 e. The summed E-state index contributed by atoms with van der Waals surface area (Å²) in [6, 6.07) is 11.4. The molecule has 4 heteroatoms. The molecule has 0 aliphatic rings. The summed E-state index contributed by atoms with van der Waals surface area (Å²) in [7, 11) is 0. The Kier molecular flexibility index (Phi) is 4.55. The molecule has 2 aromatic rings. The first kappa shape index (κ1) is 13.7. The van der Waals surface area contributed by atoms with E-state index in [9.17, 15) is 0 Å². The minimum absolute atomic E-state index is 0.399. The zero-order valence-corrected chi connectivity index (χ0v) is 12.8.